The van der Waals surface area contributed by atoms with E-state index in [4.69, 9.17) is 34.0 Å². The summed E-state index contributed by atoms with van der Waals surface area (Å²) in [7, 11) is 0. The molecule has 0 saturated carbocycles. The number of aliphatic carboxylic acids is 1. The molecular weight excluding hydrogens is 237 g/mol. The first-order valence-electron chi connectivity index (χ1n) is 4.37. The van der Waals surface area contributed by atoms with Gasteiger partial charge in [0.25, 0.3) is 0 Å². The highest BCUT2D eigenvalue weighted by Gasteiger charge is 2.21. The molecule has 0 aromatic heterocycles. The van der Waals surface area contributed by atoms with E-state index in [1.165, 1.54) is 0 Å². The van der Waals surface area contributed by atoms with E-state index in [2.05, 4.69) is 0 Å². The van der Waals surface area contributed by atoms with Crippen LogP contribution in [-0.4, -0.2) is 17.1 Å². The van der Waals surface area contributed by atoms with Crippen molar-refractivity contribution in [3.8, 4) is 0 Å². The second-order valence-electron chi connectivity index (χ2n) is 3.33. The van der Waals surface area contributed by atoms with Gasteiger partial charge in [-0.2, -0.15) is 0 Å². The zero-order valence-electron chi connectivity index (χ0n) is 8.08. The molecule has 3 nitrogen and oxygen atoms in total. The number of carbonyl (C=O) groups is 1. The number of carboxylic acid groups (broad SMARTS) is 1. The maximum absolute atomic E-state index is 10.7. The van der Waals surface area contributed by atoms with Gasteiger partial charge in [-0.1, -0.05) is 36.2 Å². The normalized spacial score (nSPS) is 14.7. The van der Waals surface area contributed by atoms with Gasteiger partial charge < -0.3 is 10.8 Å². The molecule has 2 unspecified atom stereocenters. The molecule has 5 heteroatoms. The molecule has 0 saturated heterocycles. The SMILES string of the molecule is CC(c1ccc(Cl)c(Cl)c1)C(N)C(=O)O. The van der Waals surface area contributed by atoms with Crippen LogP contribution in [-0.2, 0) is 4.79 Å². The highest BCUT2D eigenvalue weighted by molar-refractivity contribution is 6.42. The first kappa shape index (κ1) is 12.3. The molecule has 0 spiro atoms. The van der Waals surface area contributed by atoms with E-state index in [1.807, 2.05) is 0 Å². The fourth-order valence-electron chi connectivity index (χ4n) is 1.22. The fraction of sp³-hybridized carbons (Fsp3) is 0.300. The van der Waals surface area contributed by atoms with Crippen molar-refractivity contribution in [2.45, 2.75) is 18.9 Å². The van der Waals surface area contributed by atoms with E-state index in [0.29, 0.717) is 10.0 Å². The van der Waals surface area contributed by atoms with Crippen LogP contribution >= 0.6 is 23.2 Å². The summed E-state index contributed by atoms with van der Waals surface area (Å²) < 4.78 is 0. The number of benzene rings is 1. The monoisotopic (exact) mass is 247 g/mol. The predicted molar refractivity (Wildman–Crippen MR) is 60.5 cm³/mol. The molecule has 0 bridgehead atoms. The Kier molecular flexibility index (Phi) is 3.97. The Morgan fingerprint density at radius 1 is 1.40 bits per heavy atom. The molecule has 0 heterocycles. The molecule has 3 N–H and O–H groups in total. The Balaban J connectivity index is 2.96. The molecule has 1 aromatic carbocycles. The van der Waals surface area contributed by atoms with Gasteiger partial charge in [-0.25, -0.2) is 0 Å². The number of hydrogen-bond acceptors (Lipinski definition) is 2. The first-order valence-corrected chi connectivity index (χ1v) is 5.12. The second kappa shape index (κ2) is 4.84. The average molecular weight is 248 g/mol. The van der Waals surface area contributed by atoms with Crippen LogP contribution in [0.3, 0.4) is 0 Å². The summed E-state index contributed by atoms with van der Waals surface area (Å²) in [6, 6.07) is 4.05. The van der Waals surface area contributed by atoms with Crippen molar-refractivity contribution in [2.75, 3.05) is 0 Å². The lowest BCUT2D eigenvalue weighted by Crippen LogP contribution is -2.35. The van der Waals surface area contributed by atoms with Crippen molar-refractivity contribution in [3.63, 3.8) is 0 Å². The first-order chi connectivity index (χ1) is 6.93. The lowest BCUT2D eigenvalue weighted by atomic mass is 9.94. The lowest BCUT2D eigenvalue weighted by Gasteiger charge is -2.16. The Morgan fingerprint density at radius 2 is 2.00 bits per heavy atom. The summed E-state index contributed by atoms with van der Waals surface area (Å²) in [5, 5.41) is 9.60. The Hall–Kier alpha value is -0.770. The van der Waals surface area contributed by atoms with E-state index >= 15 is 0 Å². The van der Waals surface area contributed by atoms with Crippen molar-refractivity contribution in [3.05, 3.63) is 33.8 Å². The largest absolute Gasteiger partial charge is 0.480 e. The van der Waals surface area contributed by atoms with Gasteiger partial charge in [0.2, 0.25) is 0 Å². The van der Waals surface area contributed by atoms with Gasteiger partial charge in [0, 0.05) is 5.92 Å². The van der Waals surface area contributed by atoms with Crippen molar-refractivity contribution >= 4 is 29.2 Å². The van der Waals surface area contributed by atoms with Crippen LogP contribution < -0.4 is 5.73 Å². The summed E-state index contributed by atoms with van der Waals surface area (Å²) in [5.74, 6) is -1.34. The number of nitrogens with two attached hydrogens (primary N) is 1. The van der Waals surface area contributed by atoms with Crippen LogP contribution in [0, 0.1) is 0 Å². The Morgan fingerprint density at radius 3 is 2.47 bits per heavy atom. The van der Waals surface area contributed by atoms with Crippen molar-refractivity contribution < 1.29 is 9.90 Å². The van der Waals surface area contributed by atoms with Gasteiger partial charge in [0.05, 0.1) is 10.0 Å². The van der Waals surface area contributed by atoms with Gasteiger partial charge in [-0.15, -0.1) is 0 Å². The van der Waals surface area contributed by atoms with Crippen molar-refractivity contribution in [1.82, 2.24) is 0 Å². The third kappa shape index (κ3) is 2.84. The van der Waals surface area contributed by atoms with Crippen molar-refractivity contribution in [1.29, 1.82) is 0 Å². The van der Waals surface area contributed by atoms with Gasteiger partial charge in [0.15, 0.2) is 0 Å². The molecule has 82 valence electrons. The van der Waals surface area contributed by atoms with E-state index in [9.17, 15) is 4.79 Å². The minimum atomic E-state index is -1.03. The van der Waals surface area contributed by atoms with Gasteiger partial charge in [-0.3, -0.25) is 4.79 Å². The minimum absolute atomic E-state index is 0.308. The molecular formula is C10H11Cl2NO2. The summed E-state index contributed by atoms with van der Waals surface area (Å²) >= 11 is 11.6. The number of carboxylic acids is 1. The van der Waals surface area contributed by atoms with Crippen molar-refractivity contribution in [2.24, 2.45) is 5.73 Å². The summed E-state index contributed by atoms with van der Waals surface area (Å²) in [4.78, 5) is 10.7. The Bertz CT molecular complexity index is 382. The number of rotatable bonds is 3. The quantitative estimate of drug-likeness (QED) is 0.863. The minimum Gasteiger partial charge on any atom is -0.480 e. The zero-order valence-corrected chi connectivity index (χ0v) is 9.59. The van der Waals surface area contributed by atoms with Crippen LogP contribution in [0.5, 0.6) is 0 Å². The highest BCUT2D eigenvalue weighted by Crippen LogP contribution is 2.27. The van der Waals surface area contributed by atoms with Gasteiger partial charge in [0.1, 0.15) is 6.04 Å². The maximum atomic E-state index is 10.7. The molecule has 0 aliphatic heterocycles. The summed E-state index contributed by atoms with van der Waals surface area (Å²) in [6.07, 6.45) is 0. The molecule has 0 fully saturated rings. The van der Waals surface area contributed by atoms with E-state index in [0.717, 1.165) is 5.56 Å². The van der Waals surface area contributed by atoms with E-state index < -0.39 is 12.0 Å². The smallest absolute Gasteiger partial charge is 0.321 e. The van der Waals surface area contributed by atoms with Crippen LogP contribution in [0.15, 0.2) is 18.2 Å². The number of halogens is 2. The third-order valence-electron chi connectivity index (χ3n) is 2.29. The standard InChI is InChI=1S/C10H11Cl2NO2/c1-5(9(13)10(14)15)6-2-3-7(11)8(12)4-6/h2-5,9H,13H2,1H3,(H,14,15). The maximum Gasteiger partial charge on any atom is 0.321 e. The topological polar surface area (TPSA) is 63.3 Å². The summed E-state index contributed by atoms with van der Waals surface area (Å²) in [5.41, 5.74) is 6.27. The highest BCUT2D eigenvalue weighted by atomic mass is 35.5. The zero-order chi connectivity index (χ0) is 11.6. The van der Waals surface area contributed by atoms with E-state index in [1.54, 1.807) is 25.1 Å². The summed E-state index contributed by atoms with van der Waals surface area (Å²) in [6.45, 7) is 1.73. The third-order valence-corrected chi connectivity index (χ3v) is 3.03. The fourth-order valence-corrected chi connectivity index (χ4v) is 1.52. The molecule has 1 rings (SSSR count). The van der Waals surface area contributed by atoms with Gasteiger partial charge >= 0.3 is 5.97 Å². The van der Waals surface area contributed by atoms with Crippen LogP contribution in [0.1, 0.15) is 18.4 Å². The van der Waals surface area contributed by atoms with Crippen LogP contribution in [0.4, 0.5) is 0 Å². The molecule has 0 amide bonds. The molecule has 2 atom stereocenters. The Labute approximate surface area is 97.8 Å². The second-order valence-corrected chi connectivity index (χ2v) is 4.14. The average Bonchev–Trinajstić information content (AvgIpc) is 2.19. The number of hydrogen-bond donors (Lipinski definition) is 2. The van der Waals surface area contributed by atoms with Gasteiger partial charge in [-0.05, 0) is 17.7 Å². The predicted octanol–water partition coefficient (Wildman–Crippen LogP) is 2.51. The van der Waals surface area contributed by atoms with Crippen LogP contribution in [0.25, 0.3) is 0 Å². The molecule has 0 aliphatic carbocycles. The lowest BCUT2D eigenvalue weighted by molar-refractivity contribution is -0.139. The molecule has 15 heavy (non-hydrogen) atoms. The van der Waals surface area contributed by atoms with E-state index in [-0.39, 0.29) is 5.92 Å². The molecule has 0 radical (unpaired) electrons. The molecule has 0 aliphatic rings. The molecule has 1 aromatic rings. The van der Waals surface area contributed by atoms with Crippen LogP contribution in [0.2, 0.25) is 10.0 Å².